The summed E-state index contributed by atoms with van der Waals surface area (Å²) < 4.78 is 4.79. The highest BCUT2D eigenvalue weighted by molar-refractivity contribution is 6.26. The maximum Gasteiger partial charge on any atom is 0.0788 e. The molecule has 2 aromatic heterocycles. The van der Waals surface area contributed by atoms with Gasteiger partial charge in [-0.1, -0.05) is 140 Å². The summed E-state index contributed by atoms with van der Waals surface area (Å²) in [6, 6.07) is 68.8. The van der Waals surface area contributed by atoms with Gasteiger partial charge in [0.05, 0.1) is 16.6 Å². The van der Waals surface area contributed by atoms with Crippen LogP contribution in [0.2, 0.25) is 0 Å². The van der Waals surface area contributed by atoms with Gasteiger partial charge in [-0.05, 0) is 103 Å². The molecule has 0 amide bonds. The molecule has 0 saturated heterocycles. The molecule has 242 valence electrons. The Kier molecular flexibility index (Phi) is 6.28. The van der Waals surface area contributed by atoms with Crippen molar-refractivity contribution < 1.29 is 0 Å². The van der Waals surface area contributed by atoms with E-state index in [0.717, 1.165) is 11.4 Å². The standard InChI is InChI=1S/C50H32N2/c1-3-12-33(13-4-1)36-23-25-42-43-26-24-37(32-47(43)41-19-8-7-18-40(41)46(42)31-36)35-14-11-17-39(30-35)52-48-21-10-9-20-44(48)45-27-22-34-28-29-51(49(34)50(45)52)38-15-5-2-6-16-38/h1-32H. The number of fused-ring (bicyclic) bond motifs is 11. The van der Waals surface area contributed by atoms with Gasteiger partial charge in [-0.2, -0.15) is 0 Å². The van der Waals surface area contributed by atoms with Crippen LogP contribution in [0, 0.1) is 0 Å². The Balaban J connectivity index is 1.13. The second-order valence-corrected chi connectivity index (χ2v) is 13.8. The van der Waals surface area contributed by atoms with Gasteiger partial charge in [-0.3, -0.25) is 0 Å². The summed E-state index contributed by atoms with van der Waals surface area (Å²) in [5.74, 6) is 0. The molecule has 0 atom stereocenters. The van der Waals surface area contributed by atoms with Crippen LogP contribution < -0.4 is 0 Å². The highest BCUT2D eigenvalue weighted by Gasteiger charge is 2.18. The van der Waals surface area contributed by atoms with Crippen molar-refractivity contribution in [3.63, 3.8) is 0 Å². The SMILES string of the molecule is c1ccc(-c2ccc3c4ccc(-c5cccc(-n6c7ccccc7c7ccc8ccn(-c9ccccc9)c8c76)c5)cc4c4ccccc4c3c2)cc1. The molecule has 0 aliphatic carbocycles. The zero-order valence-corrected chi connectivity index (χ0v) is 28.4. The van der Waals surface area contributed by atoms with E-state index < -0.39 is 0 Å². The van der Waals surface area contributed by atoms with Gasteiger partial charge in [-0.15, -0.1) is 0 Å². The summed E-state index contributed by atoms with van der Waals surface area (Å²) in [6.07, 6.45) is 2.20. The molecule has 11 rings (SSSR count). The highest BCUT2D eigenvalue weighted by atomic mass is 15.0. The van der Waals surface area contributed by atoms with Crippen LogP contribution in [0.1, 0.15) is 0 Å². The summed E-state index contributed by atoms with van der Waals surface area (Å²) in [4.78, 5) is 0. The molecule has 2 heteroatoms. The second kappa shape index (κ2) is 11.3. The van der Waals surface area contributed by atoms with Crippen LogP contribution in [0.25, 0.3) is 98.7 Å². The third kappa shape index (κ3) is 4.31. The predicted octanol–water partition coefficient (Wildman–Crippen LogP) is 13.5. The molecule has 2 heterocycles. The summed E-state index contributed by atoms with van der Waals surface area (Å²) >= 11 is 0. The molecule has 0 unspecified atom stereocenters. The maximum atomic E-state index is 2.46. The molecule has 0 radical (unpaired) electrons. The van der Waals surface area contributed by atoms with E-state index in [1.54, 1.807) is 0 Å². The minimum absolute atomic E-state index is 1.15. The minimum Gasteiger partial charge on any atom is -0.315 e. The van der Waals surface area contributed by atoms with Crippen molar-refractivity contribution in [2.24, 2.45) is 0 Å². The molecule has 9 aromatic carbocycles. The van der Waals surface area contributed by atoms with Gasteiger partial charge in [0.25, 0.3) is 0 Å². The number of aromatic nitrogens is 2. The van der Waals surface area contributed by atoms with Crippen LogP contribution in [0.15, 0.2) is 194 Å². The number of benzene rings is 9. The molecule has 11 aromatic rings. The van der Waals surface area contributed by atoms with Crippen molar-refractivity contribution in [3.8, 4) is 33.6 Å². The number of rotatable bonds is 4. The molecule has 0 aliphatic heterocycles. The number of hydrogen-bond acceptors (Lipinski definition) is 0. The van der Waals surface area contributed by atoms with Crippen molar-refractivity contribution in [2.75, 3.05) is 0 Å². The Morgan fingerprint density at radius 2 is 0.827 bits per heavy atom. The van der Waals surface area contributed by atoms with E-state index in [4.69, 9.17) is 0 Å². The molecule has 0 N–H and O–H groups in total. The van der Waals surface area contributed by atoms with E-state index >= 15 is 0 Å². The normalized spacial score (nSPS) is 11.8. The van der Waals surface area contributed by atoms with E-state index in [9.17, 15) is 0 Å². The summed E-state index contributed by atoms with van der Waals surface area (Å²) in [7, 11) is 0. The fourth-order valence-electron chi connectivity index (χ4n) is 8.52. The number of hydrogen-bond donors (Lipinski definition) is 0. The molecule has 0 spiro atoms. The van der Waals surface area contributed by atoms with E-state index in [1.165, 1.54) is 87.3 Å². The monoisotopic (exact) mass is 660 g/mol. The van der Waals surface area contributed by atoms with Gasteiger partial charge in [0.2, 0.25) is 0 Å². The first-order chi connectivity index (χ1) is 25.8. The van der Waals surface area contributed by atoms with Gasteiger partial charge < -0.3 is 9.13 Å². The van der Waals surface area contributed by atoms with Crippen LogP contribution in [0.3, 0.4) is 0 Å². The lowest BCUT2D eigenvalue weighted by Gasteiger charge is -2.15. The van der Waals surface area contributed by atoms with E-state index in [0.29, 0.717) is 0 Å². The molecule has 0 saturated carbocycles. The quantitative estimate of drug-likeness (QED) is 0.166. The minimum atomic E-state index is 1.15. The van der Waals surface area contributed by atoms with Gasteiger partial charge in [-0.25, -0.2) is 0 Å². The third-order valence-corrected chi connectivity index (χ3v) is 10.9. The fourth-order valence-corrected chi connectivity index (χ4v) is 8.52. The van der Waals surface area contributed by atoms with Crippen molar-refractivity contribution in [3.05, 3.63) is 194 Å². The lowest BCUT2D eigenvalue weighted by molar-refractivity contribution is 1.12. The average molecular weight is 661 g/mol. The Bertz CT molecular complexity index is 3140. The lowest BCUT2D eigenvalue weighted by Crippen LogP contribution is -1.98. The fraction of sp³-hybridized carbons (Fsp3) is 0. The zero-order chi connectivity index (χ0) is 34.2. The molecular weight excluding hydrogens is 629 g/mol. The van der Waals surface area contributed by atoms with Crippen LogP contribution in [-0.2, 0) is 0 Å². The smallest absolute Gasteiger partial charge is 0.0788 e. The Morgan fingerprint density at radius 3 is 1.56 bits per heavy atom. The number of para-hydroxylation sites is 2. The van der Waals surface area contributed by atoms with Crippen molar-refractivity contribution in [1.29, 1.82) is 0 Å². The van der Waals surface area contributed by atoms with Gasteiger partial charge >= 0.3 is 0 Å². The van der Waals surface area contributed by atoms with Crippen LogP contribution in [-0.4, -0.2) is 9.13 Å². The molecule has 0 aliphatic rings. The second-order valence-electron chi connectivity index (χ2n) is 13.8. The predicted molar refractivity (Wildman–Crippen MR) is 221 cm³/mol. The summed E-state index contributed by atoms with van der Waals surface area (Å²) in [5.41, 5.74) is 10.8. The molecule has 0 bridgehead atoms. The van der Waals surface area contributed by atoms with Crippen molar-refractivity contribution in [1.82, 2.24) is 9.13 Å². The lowest BCUT2D eigenvalue weighted by atomic mass is 9.90. The summed E-state index contributed by atoms with van der Waals surface area (Å²) in [5, 5.41) is 11.4. The average Bonchev–Trinajstić information content (AvgIpc) is 3.81. The van der Waals surface area contributed by atoms with E-state index in [1.807, 2.05) is 0 Å². The Labute approximate surface area is 301 Å². The largest absolute Gasteiger partial charge is 0.315 e. The van der Waals surface area contributed by atoms with Gasteiger partial charge in [0, 0.05) is 33.7 Å². The third-order valence-electron chi connectivity index (χ3n) is 10.9. The molecular formula is C50H32N2. The van der Waals surface area contributed by atoms with Crippen LogP contribution >= 0.6 is 0 Å². The first-order valence-corrected chi connectivity index (χ1v) is 17.9. The zero-order valence-electron chi connectivity index (χ0n) is 28.4. The first-order valence-electron chi connectivity index (χ1n) is 17.9. The number of nitrogens with zero attached hydrogens (tertiary/aromatic N) is 2. The molecule has 52 heavy (non-hydrogen) atoms. The van der Waals surface area contributed by atoms with Crippen molar-refractivity contribution in [2.45, 2.75) is 0 Å². The highest BCUT2D eigenvalue weighted by Crippen LogP contribution is 2.41. The topological polar surface area (TPSA) is 9.86 Å². The Hall–Kier alpha value is -6.90. The van der Waals surface area contributed by atoms with Crippen molar-refractivity contribution >= 4 is 65.0 Å². The molecule has 2 nitrogen and oxygen atoms in total. The Morgan fingerprint density at radius 1 is 0.288 bits per heavy atom. The van der Waals surface area contributed by atoms with E-state index in [-0.39, 0.29) is 0 Å². The van der Waals surface area contributed by atoms with Gasteiger partial charge in [0.15, 0.2) is 0 Å². The summed E-state index contributed by atoms with van der Waals surface area (Å²) in [6.45, 7) is 0. The van der Waals surface area contributed by atoms with Crippen LogP contribution in [0.5, 0.6) is 0 Å². The van der Waals surface area contributed by atoms with E-state index in [2.05, 4.69) is 203 Å². The van der Waals surface area contributed by atoms with Crippen LogP contribution in [0.4, 0.5) is 0 Å². The maximum absolute atomic E-state index is 2.46. The van der Waals surface area contributed by atoms with Gasteiger partial charge in [0.1, 0.15) is 0 Å². The first kappa shape index (κ1) is 28.9. The molecule has 0 fully saturated rings.